The van der Waals surface area contributed by atoms with Crippen molar-refractivity contribution < 1.29 is 4.39 Å². The van der Waals surface area contributed by atoms with Gasteiger partial charge in [0.25, 0.3) is 0 Å². The molecule has 0 aromatic rings. The number of halogens is 1. The molecule has 0 atom stereocenters. The van der Waals surface area contributed by atoms with Crippen LogP contribution in [0, 0.1) is 11.3 Å². The summed E-state index contributed by atoms with van der Waals surface area (Å²) in [6, 6.07) is 1.65. The second kappa shape index (κ2) is 4.16. The van der Waals surface area contributed by atoms with Crippen LogP contribution in [-0.2, 0) is 0 Å². The molecule has 0 radical (unpaired) electrons. The fraction of sp³-hybridized carbons (Fsp3) is 0.250. The first-order chi connectivity index (χ1) is 2.91. The van der Waals surface area contributed by atoms with Crippen molar-refractivity contribution in [2.45, 2.75) is 0 Å². The molecule has 0 rings (SSSR count). The molecule has 0 N–H and O–H groups in total. The largest absolute Gasteiger partial charge is 0.247 e. The lowest BCUT2D eigenvalue weighted by molar-refractivity contribution is 0.562. The van der Waals surface area contributed by atoms with E-state index in [1.807, 2.05) is 0 Å². The van der Waals surface area contributed by atoms with Gasteiger partial charge in [-0.1, -0.05) is 0 Å². The summed E-state index contributed by atoms with van der Waals surface area (Å²) in [5.41, 5.74) is 0. The quantitative estimate of drug-likeness (QED) is 0.435. The van der Waals surface area contributed by atoms with Crippen LogP contribution < -0.4 is 0 Å². The zero-order chi connectivity index (χ0) is 4.83. The first-order valence-electron chi connectivity index (χ1n) is 1.52. The molecule has 6 heavy (non-hydrogen) atoms. The highest BCUT2D eigenvalue weighted by Crippen LogP contribution is 1.68. The predicted octanol–water partition coefficient (Wildman–Crippen LogP) is 1.04. The molecule has 0 amide bonds. The van der Waals surface area contributed by atoms with Crippen LogP contribution in [-0.4, -0.2) is 6.67 Å². The molecule has 0 aliphatic carbocycles. The molecule has 1 nitrogen and oxygen atoms in total. The third-order valence-corrected chi connectivity index (χ3v) is 0.281. The number of alkyl halides is 1. The highest BCUT2D eigenvalue weighted by molar-refractivity contribution is 5.01. The van der Waals surface area contributed by atoms with Crippen LogP contribution in [0.2, 0.25) is 0 Å². The van der Waals surface area contributed by atoms with Gasteiger partial charge in [-0.05, 0) is 6.08 Å². The number of rotatable bonds is 1. The number of hydrogen-bond acceptors (Lipinski definition) is 1. The van der Waals surface area contributed by atoms with Crippen LogP contribution in [0.15, 0.2) is 12.2 Å². The fourth-order valence-corrected chi connectivity index (χ4v) is 0.0972. The van der Waals surface area contributed by atoms with E-state index < -0.39 is 6.67 Å². The minimum atomic E-state index is -0.548. The van der Waals surface area contributed by atoms with Gasteiger partial charge in [0.1, 0.15) is 6.67 Å². The molecule has 0 aromatic carbocycles. The summed E-state index contributed by atoms with van der Waals surface area (Å²) in [4.78, 5) is 0. The first-order valence-corrected chi connectivity index (χ1v) is 1.52. The van der Waals surface area contributed by atoms with Crippen molar-refractivity contribution in [2.24, 2.45) is 0 Å². The van der Waals surface area contributed by atoms with Crippen LogP contribution in [0.25, 0.3) is 0 Å². The molecule has 0 saturated heterocycles. The van der Waals surface area contributed by atoms with E-state index in [1.165, 1.54) is 0 Å². The Morgan fingerprint density at radius 2 is 2.50 bits per heavy atom. The summed E-state index contributed by atoms with van der Waals surface area (Å²) < 4.78 is 10.9. The molecule has 0 spiro atoms. The van der Waals surface area contributed by atoms with Crippen molar-refractivity contribution in [3.8, 4) is 6.07 Å². The molecule has 32 valence electrons. The summed E-state index contributed by atoms with van der Waals surface area (Å²) >= 11 is 0. The standard InChI is InChI=1S/C4H4FN/c5-3-1-2-4-6/h1-2H,3H2/i5-1. The average Bonchev–Trinajstić information content (AvgIpc) is 1.61. The number of hydrogen-bond donors (Lipinski definition) is 0. The molecule has 0 fully saturated rings. The van der Waals surface area contributed by atoms with Gasteiger partial charge in [-0.15, -0.1) is 0 Å². The van der Waals surface area contributed by atoms with E-state index in [4.69, 9.17) is 5.26 Å². The molecule has 0 aliphatic rings. The Bertz CT molecular complexity index is 80.0. The van der Waals surface area contributed by atoms with E-state index >= 15 is 0 Å². The maximum absolute atomic E-state index is 10.9. The second-order valence-electron chi connectivity index (χ2n) is 0.686. The zero-order valence-electron chi connectivity index (χ0n) is 3.19. The van der Waals surface area contributed by atoms with E-state index in [0.717, 1.165) is 12.2 Å². The first kappa shape index (κ1) is 5.16. The topological polar surface area (TPSA) is 23.8 Å². The van der Waals surface area contributed by atoms with Crippen molar-refractivity contribution in [3.63, 3.8) is 0 Å². The minimum absolute atomic E-state index is 0.548. The van der Waals surface area contributed by atoms with Crippen LogP contribution in [0.1, 0.15) is 0 Å². The molecule has 0 bridgehead atoms. The van der Waals surface area contributed by atoms with E-state index in [2.05, 4.69) is 0 Å². The summed E-state index contributed by atoms with van der Waals surface area (Å²) in [6.45, 7) is -0.548. The lowest BCUT2D eigenvalue weighted by Crippen LogP contribution is -1.55. The van der Waals surface area contributed by atoms with Crippen molar-refractivity contribution in [1.29, 1.82) is 5.26 Å². The van der Waals surface area contributed by atoms with Crippen molar-refractivity contribution in [1.82, 2.24) is 0 Å². The van der Waals surface area contributed by atoms with Gasteiger partial charge in [-0.25, -0.2) is 4.39 Å². The van der Waals surface area contributed by atoms with Gasteiger partial charge < -0.3 is 0 Å². The van der Waals surface area contributed by atoms with Crippen LogP contribution in [0.3, 0.4) is 0 Å². The van der Waals surface area contributed by atoms with Gasteiger partial charge in [0.15, 0.2) is 0 Å². The van der Waals surface area contributed by atoms with Crippen LogP contribution in [0.5, 0.6) is 0 Å². The monoisotopic (exact) mass is 84.0 g/mol. The van der Waals surface area contributed by atoms with Gasteiger partial charge in [0.2, 0.25) is 0 Å². The van der Waals surface area contributed by atoms with Gasteiger partial charge in [-0.2, -0.15) is 5.26 Å². The average molecular weight is 84.1 g/mol. The maximum Gasteiger partial charge on any atom is 0.109 e. The lowest BCUT2D eigenvalue weighted by Gasteiger charge is -1.60. The van der Waals surface area contributed by atoms with Crippen LogP contribution >= 0.6 is 0 Å². The Kier molecular flexibility index (Phi) is 3.58. The Morgan fingerprint density at radius 3 is 2.67 bits per heavy atom. The van der Waals surface area contributed by atoms with Crippen LogP contribution in [0.4, 0.5) is 4.39 Å². The molecular weight excluding hydrogens is 80.1 g/mol. The summed E-state index contributed by atoms with van der Waals surface area (Å²) in [7, 11) is 0. The Hall–Kier alpha value is -0.840. The van der Waals surface area contributed by atoms with Gasteiger partial charge in [0.05, 0.1) is 6.07 Å². The normalized spacial score (nSPS) is 8.67. The summed E-state index contributed by atoms with van der Waals surface area (Å²) in [6.07, 6.45) is 2.26. The van der Waals surface area contributed by atoms with Gasteiger partial charge in [-0.3, -0.25) is 0 Å². The van der Waals surface area contributed by atoms with Crippen molar-refractivity contribution >= 4 is 0 Å². The molecule has 0 aliphatic heterocycles. The van der Waals surface area contributed by atoms with Crippen molar-refractivity contribution in [2.75, 3.05) is 6.67 Å². The highest BCUT2D eigenvalue weighted by Gasteiger charge is 1.61. The molecule has 0 aromatic heterocycles. The Labute approximate surface area is 35.7 Å². The SMILES string of the molecule is N#CC=CC[18F]. The molecular formula is C4H4FN. The van der Waals surface area contributed by atoms with E-state index in [1.54, 1.807) is 6.07 Å². The fourth-order valence-electron chi connectivity index (χ4n) is 0.0972. The van der Waals surface area contributed by atoms with Gasteiger partial charge in [0, 0.05) is 6.08 Å². The summed E-state index contributed by atoms with van der Waals surface area (Å²) in [5.74, 6) is 0. The zero-order valence-corrected chi connectivity index (χ0v) is 3.19. The smallest absolute Gasteiger partial charge is 0.109 e. The molecule has 0 unspecified atom stereocenters. The number of nitrogens with zero attached hydrogens (tertiary/aromatic N) is 1. The molecule has 2 heteroatoms. The number of nitriles is 1. The molecule has 0 heterocycles. The second-order valence-corrected chi connectivity index (χ2v) is 0.686. The van der Waals surface area contributed by atoms with Crippen molar-refractivity contribution in [3.05, 3.63) is 12.2 Å². The van der Waals surface area contributed by atoms with E-state index in [-0.39, 0.29) is 0 Å². The Balaban J connectivity index is 3.02. The third kappa shape index (κ3) is 3.16. The Morgan fingerprint density at radius 1 is 1.83 bits per heavy atom. The lowest BCUT2D eigenvalue weighted by atomic mass is 10.6. The number of allylic oxidation sites excluding steroid dienone is 2. The molecule has 0 saturated carbocycles. The predicted molar refractivity (Wildman–Crippen MR) is 20.7 cm³/mol. The highest BCUT2D eigenvalue weighted by atomic mass is 18.2. The third-order valence-electron chi connectivity index (χ3n) is 0.281. The van der Waals surface area contributed by atoms with E-state index in [0.29, 0.717) is 0 Å². The maximum atomic E-state index is 10.9. The minimum Gasteiger partial charge on any atom is -0.247 e. The van der Waals surface area contributed by atoms with Gasteiger partial charge >= 0.3 is 0 Å². The van der Waals surface area contributed by atoms with E-state index in [9.17, 15) is 4.39 Å². The summed E-state index contributed by atoms with van der Waals surface area (Å²) in [5, 5.41) is 7.69.